The van der Waals surface area contributed by atoms with Gasteiger partial charge in [-0.2, -0.15) is 0 Å². The van der Waals surface area contributed by atoms with Gasteiger partial charge in [0.05, 0.1) is 6.54 Å². The number of carbonyl (C=O) groups is 4. The van der Waals surface area contributed by atoms with Crippen molar-refractivity contribution >= 4 is 23.7 Å². The molecule has 7 heteroatoms. The van der Waals surface area contributed by atoms with Crippen LogP contribution in [0.2, 0.25) is 0 Å². The van der Waals surface area contributed by atoms with Crippen LogP contribution >= 0.6 is 0 Å². The molecule has 7 nitrogen and oxygen atoms in total. The third-order valence-electron chi connectivity index (χ3n) is 3.26. The summed E-state index contributed by atoms with van der Waals surface area (Å²) in [5.41, 5.74) is 0. The maximum atomic E-state index is 11.5. The largest absolute Gasteiger partial charge is 0.333 e. The lowest BCUT2D eigenvalue weighted by molar-refractivity contribution is -0.197. The standard InChI is InChI=1S/C14H16N2O5/c17-11-5-4-10-15(11)9-3-1-2-6-14(20)21-16-12(18)7-8-13(16)19/h1-3,6-10H2. The lowest BCUT2D eigenvalue weighted by atomic mass is 10.2. The van der Waals surface area contributed by atoms with E-state index in [9.17, 15) is 19.2 Å². The van der Waals surface area contributed by atoms with E-state index in [0.717, 1.165) is 12.8 Å². The van der Waals surface area contributed by atoms with Gasteiger partial charge in [0.25, 0.3) is 17.7 Å². The molecule has 0 aromatic heterocycles. The number of rotatable bonds is 7. The summed E-state index contributed by atoms with van der Waals surface area (Å²) in [7, 11) is 0. The Morgan fingerprint density at radius 1 is 1.10 bits per heavy atom. The monoisotopic (exact) mass is 292 g/mol. The molecule has 0 unspecified atom stereocenters. The predicted octanol–water partition coefficient (Wildman–Crippen LogP) is -0.000400. The molecule has 0 aromatic carbocycles. The smallest absolute Gasteiger partial charge is 0.330 e. The minimum atomic E-state index is -0.584. The minimum absolute atomic E-state index is 0.0953. The van der Waals surface area contributed by atoms with Crippen LogP contribution in [0.5, 0.6) is 0 Å². The second kappa shape index (κ2) is 6.88. The first kappa shape index (κ1) is 15.0. The summed E-state index contributed by atoms with van der Waals surface area (Å²) in [6.45, 7) is 1.08. The fourth-order valence-corrected chi connectivity index (χ4v) is 2.10. The van der Waals surface area contributed by atoms with Crippen molar-refractivity contribution in [1.29, 1.82) is 0 Å². The average Bonchev–Trinajstić information content (AvgIpc) is 2.99. The highest BCUT2D eigenvalue weighted by Crippen LogP contribution is 2.13. The summed E-state index contributed by atoms with van der Waals surface area (Å²) in [5.74, 6) is 3.50. The number of hydroxylamine groups is 2. The van der Waals surface area contributed by atoms with Crippen molar-refractivity contribution in [3.63, 3.8) is 0 Å². The SMILES string of the molecule is O=C(CCCCCN1CC#CC1=O)ON1C(=O)CCC1=O. The Kier molecular flexibility index (Phi) is 4.93. The molecule has 0 spiro atoms. The zero-order chi connectivity index (χ0) is 15.2. The van der Waals surface area contributed by atoms with Gasteiger partial charge in [-0.1, -0.05) is 12.3 Å². The zero-order valence-electron chi connectivity index (χ0n) is 11.6. The van der Waals surface area contributed by atoms with Gasteiger partial charge < -0.3 is 9.74 Å². The van der Waals surface area contributed by atoms with Crippen molar-refractivity contribution in [2.75, 3.05) is 13.1 Å². The van der Waals surface area contributed by atoms with E-state index in [2.05, 4.69) is 11.8 Å². The van der Waals surface area contributed by atoms with E-state index >= 15 is 0 Å². The van der Waals surface area contributed by atoms with Crippen LogP contribution in [0.4, 0.5) is 0 Å². The van der Waals surface area contributed by atoms with Crippen molar-refractivity contribution in [2.24, 2.45) is 0 Å². The summed E-state index contributed by atoms with van der Waals surface area (Å²) in [6, 6.07) is 0. The molecule has 2 aliphatic rings. The van der Waals surface area contributed by atoms with E-state index in [4.69, 9.17) is 4.84 Å². The topological polar surface area (TPSA) is 84.0 Å². The quantitative estimate of drug-likeness (QED) is 0.374. The van der Waals surface area contributed by atoms with Crippen molar-refractivity contribution in [3.05, 3.63) is 0 Å². The fourth-order valence-electron chi connectivity index (χ4n) is 2.10. The van der Waals surface area contributed by atoms with Gasteiger partial charge >= 0.3 is 5.97 Å². The molecule has 0 aliphatic carbocycles. The molecule has 2 aliphatic heterocycles. The van der Waals surface area contributed by atoms with Crippen LogP contribution in [0.1, 0.15) is 38.5 Å². The molecular formula is C14H16N2O5. The maximum Gasteiger partial charge on any atom is 0.333 e. The Labute approximate surface area is 122 Å². The van der Waals surface area contributed by atoms with E-state index in [-0.39, 0.29) is 25.2 Å². The van der Waals surface area contributed by atoms with E-state index in [1.54, 1.807) is 4.90 Å². The molecule has 0 bridgehead atoms. The number of amides is 3. The number of hydrogen-bond donors (Lipinski definition) is 0. The van der Waals surface area contributed by atoms with Crippen LogP contribution in [-0.4, -0.2) is 46.7 Å². The molecule has 2 rings (SSSR count). The lowest BCUT2D eigenvalue weighted by Gasteiger charge is -2.14. The minimum Gasteiger partial charge on any atom is -0.330 e. The average molecular weight is 292 g/mol. The summed E-state index contributed by atoms with van der Waals surface area (Å²) < 4.78 is 0. The maximum absolute atomic E-state index is 11.5. The molecule has 0 saturated carbocycles. The van der Waals surface area contributed by atoms with Crippen LogP contribution in [0.3, 0.4) is 0 Å². The molecule has 3 amide bonds. The van der Waals surface area contributed by atoms with Crippen LogP contribution in [0.15, 0.2) is 0 Å². The summed E-state index contributed by atoms with van der Waals surface area (Å²) in [5, 5.41) is 0.558. The number of unbranched alkanes of at least 4 members (excludes halogenated alkanes) is 2. The summed E-state index contributed by atoms with van der Waals surface area (Å²) in [4.78, 5) is 51.6. The second-order valence-corrected chi connectivity index (χ2v) is 4.88. The number of hydrogen-bond acceptors (Lipinski definition) is 5. The number of nitrogens with zero attached hydrogens (tertiary/aromatic N) is 2. The van der Waals surface area contributed by atoms with Gasteiger partial charge in [-0.05, 0) is 18.8 Å². The molecular weight excluding hydrogens is 276 g/mol. The van der Waals surface area contributed by atoms with Gasteiger partial charge in [-0.15, -0.1) is 5.06 Å². The third-order valence-corrected chi connectivity index (χ3v) is 3.26. The van der Waals surface area contributed by atoms with E-state index in [0.29, 0.717) is 24.6 Å². The first-order valence-electron chi connectivity index (χ1n) is 6.92. The van der Waals surface area contributed by atoms with Gasteiger partial charge in [-0.3, -0.25) is 14.4 Å². The van der Waals surface area contributed by atoms with Crippen molar-refractivity contribution in [2.45, 2.75) is 38.5 Å². The Morgan fingerprint density at radius 2 is 1.81 bits per heavy atom. The second-order valence-electron chi connectivity index (χ2n) is 4.88. The Morgan fingerprint density at radius 3 is 2.43 bits per heavy atom. The number of carbonyl (C=O) groups excluding carboxylic acids is 4. The summed E-state index contributed by atoms with van der Waals surface area (Å²) >= 11 is 0. The molecule has 112 valence electrons. The van der Waals surface area contributed by atoms with E-state index in [1.807, 2.05) is 0 Å². The highest BCUT2D eigenvalue weighted by atomic mass is 16.7. The van der Waals surface area contributed by atoms with Crippen LogP contribution in [0.25, 0.3) is 0 Å². The Bertz CT molecular complexity index is 515. The zero-order valence-corrected chi connectivity index (χ0v) is 11.6. The molecule has 2 heterocycles. The lowest BCUT2D eigenvalue weighted by Crippen LogP contribution is -2.32. The van der Waals surface area contributed by atoms with Gasteiger partial charge in [0.2, 0.25) is 0 Å². The van der Waals surface area contributed by atoms with Crippen molar-refractivity contribution in [3.8, 4) is 11.8 Å². The number of imide groups is 1. The Balaban J connectivity index is 1.56. The van der Waals surface area contributed by atoms with E-state index in [1.165, 1.54) is 0 Å². The van der Waals surface area contributed by atoms with Crippen molar-refractivity contribution < 1.29 is 24.0 Å². The molecule has 0 aromatic rings. The van der Waals surface area contributed by atoms with Gasteiger partial charge in [-0.25, -0.2) is 4.79 Å². The molecule has 0 radical (unpaired) electrons. The first-order chi connectivity index (χ1) is 10.1. The van der Waals surface area contributed by atoms with Crippen LogP contribution in [0, 0.1) is 11.8 Å². The predicted molar refractivity (Wildman–Crippen MR) is 70.0 cm³/mol. The molecule has 21 heavy (non-hydrogen) atoms. The Hall–Kier alpha value is -2.36. The molecule has 0 N–H and O–H groups in total. The van der Waals surface area contributed by atoms with Gasteiger partial charge in [0.15, 0.2) is 0 Å². The normalized spacial score (nSPS) is 17.2. The highest BCUT2D eigenvalue weighted by Gasteiger charge is 2.32. The molecule has 1 saturated heterocycles. The molecule has 0 atom stereocenters. The van der Waals surface area contributed by atoms with Crippen LogP contribution in [-0.2, 0) is 24.0 Å². The highest BCUT2D eigenvalue weighted by molar-refractivity contribution is 6.01. The van der Waals surface area contributed by atoms with Gasteiger partial charge in [0.1, 0.15) is 0 Å². The first-order valence-corrected chi connectivity index (χ1v) is 6.92. The van der Waals surface area contributed by atoms with Crippen LogP contribution < -0.4 is 0 Å². The van der Waals surface area contributed by atoms with Crippen molar-refractivity contribution in [1.82, 2.24) is 9.96 Å². The molecule has 1 fully saturated rings. The van der Waals surface area contributed by atoms with Gasteiger partial charge in [0, 0.05) is 25.8 Å². The summed E-state index contributed by atoms with van der Waals surface area (Å²) in [6.07, 6.45) is 2.43. The third kappa shape index (κ3) is 4.05. The van der Waals surface area contributed by atoms with E-state index < -0.39 is 17.8 Å². The fraction of sp³-hybridized carbons (Fsp3) is 0.571.